The van der Waals surface area contributed by atoms with Crippen LogP contribution in [0.4, 0.5) is 0 Å². The average Bonchev–Trinajstić information content (AvgIpc) is 2.79. The third-order valence-corrected chi connectivity index (χ3v) is 3.35. The summed E-state index contributed by atoms with van der Waals surface area (Å²) < 4.78 is 9.80. The summed E-state index contributed by atoms with van der Waals surface area (Å²) in [6.07, 6.45) is 4.93. The third-order valence-electron chi connectivity index (χ3n) is 3.35. The fourth-order valence-corrected chi connectivity index (χ4v) is 2.27. The Morgan fingerprint density at radius 3 is 2.25 bits per heavy atom. The van der Waals surface area contributed by atoms with Crippen LogP contribution in [-0.2, 0) is 19.1 Å². The zero-order valence-corrected chi connectivity index (χ0v) is 13.8. The van der Waals surface area contributed by atoms with Gasteiger partial charge in [0.1, 0.15) is 5.57 Å². The van der Waals surface area contributed by atoms with Crippen molar-refractivity contribution < 1.29 is 19.1 Å². The van der Waals surface area contributed by atoms with Gasteiger partial charge in [-0.25, -0.2) is 9.59 Å². The zero-order chi connectivity index (χ0) is 17.4. The van der Waals surface area contributed by atoms with E-state index in [0.717, 1.165) is 16.7 Å². The molecule has 0 aliphatic heterocycles. The first-order valence-corrected chi connectivity index (χ1v) is 7.87. The Labute approximate surface area is 141 Å². The van der Waals surface area contributed by atoms with Gasteiger partial charge in [-0.15, -0.1) is 0 Å². The smallest absolute Gasteiger partial charge is 0.345 e. The molecule has 0 spiro atoms. The van der Waals surface area contributed by atoms with Crippen LogP contribution in [0.15, 0.2) is 60.2 Å². The highest BCUT2D eigenvalue weighted by molar-refractivity contribution is 6.14. The Balaban J connectivity index is 2.25. The van der Waals surface area contributed by atoms with Crippen molar-refractivity contribution in [3.05, 3.63) is 65.8 Å². The monoisotopic (exact) mass is 324 g/mol. The Bertz CT molecular complexity index is 723. The standard InChI is InChI=1S/C20H20O4/c1-3-23-19(21)18(20(22)24-4-2)12-8-10-16-14-13-15-9-6-5-7-11-17(15)16/h5-14H,3-4H2,1-2H3/b10-8+. The zero-order valence-electron chi connectivity index (χ0n) is 13.8. The lowest BCUT2D eigenvalue weighted by molar-refractivity contribution is -0.146. The van der Waals surface area contributed by atoms with Crippen LogP contribution in [0, 0.1) is 0 Å². The molecule has 0 saturated heterocycles. The third kappa shape index (κ3) is 4.32. The summed E-state index contributed by atoms with van der Waals surface area (Å²) in [6, 6.07) is 14.0. The molecule has 0 unspecified atom stereocenters. The molecule has 0 aromatic carbocycles. The number of fused-ring (bicyclic) bond motifs is 1. The number of carbonyl (C=O) groups excluding carboxylic acids is 2. The largest absolute Gasteiger partial charge is 0.462 e. The maximum absolute atomic E-state index is 11.9. The summed E-state index contributed by atoms with van der Waals surface area (Å²) in [5.41, 5.74) is 3.11. The number of hydrogen-bond acceptors (Lipinski definition) is 4. The molecule has 0 amide bonds. The van der Waals surface area contributed by atoms with E-state index >= 15 is 0 Å². The summed E-state index contributed by atoms with van der Waals surface area (Å²) in [4.78, 5) is 23.8. The number of rotatable bonds is 6. The molecule has 4 nitrogen and oxygen atoms in total. The Morgan fingerprint density at radius 1 is 0.917 bits per heavy atom. The number of ether oxygens (including phenoxy) is 2. The lowest BCUT2D eigenvalue weighted by atomic mass is 10.1. The number of carbonyl (C=O) groups is 2. The fraction of sp³-hybridized carbons (Fsp3) is 0.200. The maximum atomic E-state index is 11.9. The highest BCUT2D eigenvalue weighted by Crippen LogP contribution is 2.27. The molecule has 124 valence electrons. The van der Waals surface area contributed by atoms with E-state index in [4.69, 9.17) is 9.47 Å². The molecule has 2 aliphatic carbocycles. The van der Waals surface area contributed by atoms with Crippen molar-refractivity contribution in [2.45, 2.75) is 13.8 Å². The maximum Gasteiger partial charge on any atom is 0.345 e. The van der Waals surface area contributed by atoms with Crippen molar-refractivity contribution in [3.63, 3.8) is 0 Å². The van der Waals surface area contributed by atoms with Crippen molar-refractivity contribution >= 4 is 18.0 Å². The first-order chi connectivity index (χ1) is 11.7. The van der Waals surface area contributed by atoms with Crippen LogP contribution in [-0.4, -0.2) is 25.2 Å². The van der Waals surface area contributed by atoms with Crippen molar-refractivity contribution in [1.82, 2.24) is 0 Å². The summed E-state index contributed by atoms with van der Waals surface area (Å²) in [6.45, 7) is 3.77. The molecule has 0 aromatic heterocycles. The molecule has 2 rings (SSSR count). The Morgan fingerprint density at radius 2 is 1.58 bits per heavy atom. The summed E-state index contributed by atoms with van der Waals surface area (Å²) in [7, 11) is 0. The highest BCUT2D eigenvalue weighted by Gasteiger charge is 2.19. The van der Waals surface area contributed by atoms with Crippen molar-refractivity contribution in [2.75, 3.05) is 13.2 Å². The normalized spacial score (nSPS) is 10.6. The summed E-state index contributed by atoms with van der Waals surface area (Å²) >= 11 is 0. The molecule has 0 aromatic rings. The van der Waals surface area contributed by atoms with E-state index in [9.17, 15) is 9.59 Å². The second-order valence-corrected chi connectivity index (χ2v) is 4.95. The second-order valence-electron chi connectivity index (χ2n) is 4.95. The minimum absolute atomic E-state index is 0.114. The first kappa shape index (κ1) is 17.5. The van der Waals surface area contributed by atoms with Gasteiger partial charge < -0.3 is 9.47 Å². The molecule has 0 N–H and O–H groups in total. The van der Waals surface area contributed by atoms with Crippen LogP contribution in [0.1, 0.15) is 19.4 Å². The van der Waals surface area contributed by atoms with Gasteiger partial charge in [-0.1, -0.05) is 54.6 Å². The van der Waals surface area contributed by atoms with Crippen LogP contribution >= 0.6 is 0 Å². The van der Waals surface area contributed by atoms with Crippen LogP contribution in [0.25, 0.3) is 17.2 Å². The molecular weight excluding hydrogens is 304 g/mol. The van der Waals surface area contributed by atoms with Gasteiger partial charge in [-0.2, -0.15) is 0 Å². The van der Waals surface area contributed by atoms with Crippen LogP contribution in [0.5, 0.6) is 0 Å². The van der Waals surface area contributed by atoms with Gasteiger partial charge in [0.25, 0.3) is 0 Å². The van der Waals surface area contributed by atoms with Gasteiger partial charge in [0, 0.05) is 0 Å². The summed E-state index contributed by atoms with van der Waals surface area (Å²) in [5.74, 6) is -1.36. The molecule has 2 aliphatic rings. The molecule has 4 heteroatoms. The predicted octanol–water partition coefficient (Wildman–Crippen LogP) is 3.86. The van der Waals surface area contributed by atoms with Gasteiger partial charge in [-0.05, 0) is 36.6 Å². The number of allylic oxidation sites excluding steroid dienone is 2. The lowest BCUT2D eigenvalue weighted by Crippen LogP contribution is -2.18. The topological polar surface area (TPSA) is 52.6 Å². The van der Waals surface area contributed by atoms with E-state index in [-0.39, 0.29) is 18.8 Å². The minimum Gasteiger partial charge on any atom is -0.462 e. The van der Waals surface area contributed by atoms with E-state index in [1.807, 2.05) is 48.5 Å². The van der Waals surface area contributed by atoms with E-state index < -0.39 is 11.9 Å². The lowest BCUT2D eigenvalue weighted by Gasteiger charge is -2.05. The molecule has 0 bridgehead atoms. The second kappa shape index (κ2) is 8.67. The quantitative estimate of drug-likeness (QED) is 0.266. The van der Waals surface area contributed by atoms with Gasteiger partial charge in [0.2, 0.25) is 0 Å². The van der Waals surface area contributed by atoms with E-state index in [1.165, 1.54) is 6.08 Å². The Kier molecular flexibility index (Phi) is 6.32. The van der Waals surface area contributed by atoms with Gasteiger partial charge in [0.05, 0.1) is 13.2 Å². The van der Waals surface area contributed by atoms with E-state index in [0.29, 0.717) is 0 Å². The molecule has 0 saturated carbocycles. The summed E-state index contributed by atoms with van der Waals surface area (Å²) in [5, 5.41) is 0. The van der Waals surface area contributed by atoms with Gasteiger partial charge in [-0.3, -0.25) is 0 Å². The number of hydrogen-bond donors (Lipinski definition) is 0. The molecular formula is C20H20O4. The molecule has 0 fully saturated rings. The van der Waals surface area contributed by atoms with E-state index in [2.05, 4.69) is 0 Å². The first-order valence-electron chi connectivity index (χ1n) is 7.87. The molecule has 0 heterocycles. The van der Waals surface area contributed by atoms with Crippen molar-refractivity contribution in [1.29, 1.82) is 0 Å². The van der Waals surface area contributed by atoms with Crippen LogP contribution in [0.2, 0.25) is 0 Å². The van der Waals surface area contributed by atoms with Crippen molar-refractivity contribution in [3.8, 4) is 11.1 Å². The Hall–Kier alpha value is -2.88. The van der Waals surface area contributed by atoms with Crippen LogP contribution < -0.4 is 0 Å². The predicted molar refractivity (Wildman–Crippen MR) is 93.4 cm³/mol. The van der Waals surface area contributed by atoms with Crippen molar-refractivity contribution in [2.24, 2.45) is 0 Å². The highest BCUT2D eigenvalue weighted by atomic mass is 16.6. The SMILES string of the molecule is CCOC(=O)C(=C/C=C/c1ccc2cccccc1-2)C(=O)OCC. The van der Waals surface area contributed by atoms with Gasteiger partial charge in [0.15, 0.2) is 0 Å². The molecule has 24 heavy (non-hydrogen) atoms. The van der Waals surface area contributed by atoms with Crippen LogP contribution in [0.3, 0.4) is 0 Å². The fourth-order valence-electron chi connectivity index (χ4n) is 2.27. The minimum atomic E-state index is -0.681. The average molecular weight is 324 g/mol. The van der Waals surface area contributed by atoms with E-state index in [1.54, 1.807) is 19.9 Å². The molecule has 0 atom stereocenters. The number of esters is 2. The van der Waals surface area contributed by atoms with Gasteiger partial charge >= 0.3 is 11.9 Å². The molecule has 0 radical (unpaired) electrons.